The Balaban J connectivity index is 1.68. The van der Waals surface area contributed by atoms with E-state index in [2.05, 4.69) is 34.1 Å². The minimum atomic E-state index is -0.0682. The van der Waals surface area contributed by atoms with Gasteiger partial charge < -0.3 is 9.88 Å². The van der Waals surface area contributed by atoms with Crippen LogP contribution >= 0.6 is 0 Å². The second kappa shape index (κ2) is 5.34. The third-order valence-electron chi connectivity index (χ3n) is 4.43. The number of benzene rings is 2. The number of anilines is 1. The number of nitrogens with one attached hydrogen (secondary N) is 1. The highest BCUT2D eigenvalue weighted by Crippen LogP contribution is 2.33. The predicted octanol–water partition coefficient (Wildman–Crippen LogP) is 4.16. The summed E-state index contributed by atoms with van der Waals surface area (Å²) in [6.07, 6.45) is 1.95. The standard InChI is InChI=1S/C19H18N2O/c22-19(20-15-8-2-1-3-9-15)16-10-6-12-21-17-11-5-4-7-14(17)13-18(16)21/h1-5,7-9,11,13,16H,6,10,12H2,(H,20,22). The molecule has 0 bridgehead atoms. The Hall–Kier alpha value is -2.55. The van der Waals surface area contributed by atoms with Gasteiger partial charge in [0.05, 0.1) is 5.92 Å². The number of aryl methyl sites for hydroxylation is 1. The highest BCUT2D eigenvalue weighted by atomic mass is 16.1. The number of carbonyl (C=O) groups excluding carboxylic acids is 1. The van der Waals surface area contributed by atoms with Crippen LogP contribution in [0.15, 0.2) is 60.7 Å². The molecule has 3 heteroatoms. The van der Waals surface area contributed by atoms with Crippen molar-refractivity contribution < 1.29 is 4.79 Å². The topological polar surface area (TPSA) is 34.0 Å². The quantitative estimate of drug-likeness (QED) is 0.755. The highest BCUT2D eigenvalue weighted by Gasteiger charge is 2.28. The van der Waals surface area contributed by atoms with Gasteiger partial charge in [-0.2, -0.15) is 0 Å². The normalized spacial score (nSPS) is 17.2. The lowest BCUT2D eigenvalue weighted by Gasteiger charge is -2.24. The summed E-state index contributed by atoms with van der Waals surface area (Å²) in [5, 5.41) is 4.26. The molecule has 3 aromatic rings. The number of hydrogen-bond acceptors (Lipinski definition) is 1. The van der Waals surface area contributed by atoms with Gasteiger partial charge in [0.25, 0.3) is 0 Å². The van der Waals surface area contributed by atoms with Gasteiger partial charge in [0, 0.05) is 23.4 Å². The van der Waals surface area contributed by atoms with Gasteiger partial charge in [-0.25, -0.2) is 0 Å². The van der Waals surface area contributed by atoms with Crippen molar-refractivity contribution in [2.24, 2.45) is 0 Å². The van der Waals surface area contributed by atoms with E-state index in [1.54, 1.807) is 0 Å². The van der Waals surface area contributed by atoms with Crippen molar-refractivity contribution in [2.75, 3.05) is 5.32 Å². The summed E-state index contributed by atoms with van der Waals surface area (Å²) < 4.78 is 2.30. The maximum Gasteiger partial charge on any atom is 0.233 e. The second-order valence-corrected chi connectivity index (χ2v) is 5.83. The van der Waals surface area contributed by atoms with Gasteiger partial charge >= 0.3 is 0 Å². The molecule has 1 unspecified atom stereocenters. The van der Waals surface area contributed by atoms with Gasteiger partial charge in [-0.1, -0.05) is 36.4 Å². The van der Waals surface area contributed by atoms with Crippen molar-refractivity contribution in [1.82, 2.24) is 4.57 Å². The average Bonchev–Trinajstić information content (AvgIpc) is 2.94. The largest absolute Gasteiger partial charge is 0.344 e. The molecule has 1 aliphatic rings. The Kier molecular flexibility index (Phi) is 3.19. The number of rotatable bonds is 2. The van der Waals surface area contributed by atoms with Crippen LogP contribution in [0, 0.1) is 0 Å². The van der Waals surface area contributed by atoms with Gasteiger partial charge in [-0.3, -0.25) is 4.79 Å². The molecule has 2 heterocycles. The molecule has 22 heavy (non-hydrogen) atoms. The molecule has 3 nitrogen and oxygen atoms in total. The lowest BCUT2D eigenvalue weighted by atomic mass is 9.95. The number of fused-ring (bicyclic) bond motifs is 3. The van der Waals surface area contributed by atoms with Gasteiger partial charge in [-0.05, 0) is 42.5 Å². The van der Waals surface area contributed by atoms with Crippen molar-refractivity contribution >= 4 is 22.5 Å². The summed E-state index contributed by atoms with van der Waals surface area (Å²) in [4.78, 5) is 12.7. The van der Waals surface area contributed by atoms with Gasteiger partial charge in [-0.15, -0.1) is 0 Å². The maximum atomic E-state index is 12.7. The van der Waals surface area contributed by atoms with Gasteiger partial charge in [0.2, 0.25) is 5.91 Å². The lowest BCUT2D eigenvalue weighted by molar-refractivity contribution is -0.118. The summed E-state index contributed by atoms with van der Waals surface area (Å²) in [6, 6.07) is 20.2. The van der Waals surface area contributed by atoms with Crippen LogP contribution in [-0.4, -0.2) is 10.5 Å². The van der Waals surface area contributed by atoms with Crippen LogP contribution < -0.4 is 5.32 Å². The Morgan fingerprint density at radius 3 is 2.68 bits per heavy atom. The van der Waals surface area contributed by atoms with Crippen LogP contribution in [0.25, 0.3) is 10.9 Å². The zero-order chi connectivity index (χ0) is 14.9. The van der Waals surface area contributed by atoms with Crippen LogP contribution in [0.4, 0.5) is 5.69 Å². The molecule has 0 radical (unpaired) electrons. The van der Waals surface area contributed by atoms with E-state index in [4.69, 9.17) is 0 Å². The summed E-state index contributed by atoms with van der Waals surface area (Å²) in [5.41, 5.74) is 3.23. The molecule has 0 saturated heterocycles. The van der Waals surface area contributed by atoms with Crippen LogP contribution in [0.3, 0.4) is 0 Å². The summed E-state index contributed by atoms with van der Waals surface area (Å²) in [6.45, 7) is 0.998. The van der Waals surface area contributed by atoms with Crippen LogP contribution in [0.5, 0.6) is 0 Å². The van der Waals surface area contributed by atoms with E-state index in [1.165, 1.54) is 10.9 Å². The molecule has 2 aromatic carbocycles. The van der Waals surface area contributed by atoms with E-state index in [0.717, 1.165) is 30.8 Å². The van der Waals surface area contributed by atoms with E-state index in [1.807, 2.05) is 36.4 Å². The summed E-state index contributed by atoms with van der Waals surface area (Å²) in [5.74, 6) is 0.0244. The van der Waals surface area contributed by atoms with E-state index in [-0.39, 0.29) is 11.8 Å². The molecule has 1 aliphatic heterocycles. The highest BCUT2D eigenvalue weighted by molar-refractivity contribution is 5.97. The van der Waals surface area contributed by atoms with Crippen molar-refractivity contribution in [3.63, 3.8) is 0 Å². The van der Waals surface area contributed by atoms with E-state index in [0.29, 0.717) is 0 Å². The molecule has 0 aliphatic carbocycles. The Labute approximate surface area is 129 Å². The van der Waals surface area contributed by atoms with Crippen molar-refractivity contribution in [3.8, 4) is 0 Å². The molecule has 0 saturated carbocycles. The molecule has 4 rings (SSSR count). The first kappa shape index (κ1) is 13.1. The second-order valence-electron chi connectivity index (χ2n) is 5.83. The minimum absolute atomic E-state index is 0.0682. The van der Waals surface area contributed by atoms with Crippen LogP contribution in [-0.2, 0) is 11.3 Å². The number of amides is 1. The summed E-state index contributed by atoms with van der Waals surface area (Å²) in [7, 11) is 0. The van der Waals surface area contributed by atoms with Crippen LogP contribution in [0.1, 0.15) is 24.5 Å². The number of aromatic nitrogens is 1. The van der Waals surface area contributed by atoms with Gasteiger partial charge in [0.1, 0.15) is 0 Å². The lowest BCUT2D eigenvalue weighted by Crippen LogP contribution is -2.26. The summed E-state index contributed by atoms with van der Waals surface area (Å²) >= 11 is 0. The van der Waals surface area contributed by atoms with Crippen molar-refractivity contribution in [1.29, 1.82) is 0 Å². The molecule has 0 spiro atoms. The first-order valence-electron chi connectivity index (χ1n) is 7.77. The molecule has 1 aromatic heterocycles. The molecule has 1 amide bonds. The monoisotopic (exact) mass is 290 g/mol. The molecular formula is C19H18N2O. The molecular weight excluding hydrogens is 272 g/mol. The Morgan fingerprint density at radius 1 is 1.05 bits per heavy atom. The first-order valence-corrected chi connectivity index (χ1v) is 7.77. The zero-order valence-electron chi connectivity index (χ0n) is 12.3. The smallest absolute Gasteiger partial charge is 0.233 e. The fourth-order valence-corrected chi connectivity index (χ4v) is 3.39. The first-order chi connectivity index (χ1) is 10.8. The molecule has 0 fully saturated rings. The number of hydrogen-bond donors (Lipinski definition) is 1. The minimum Gasteiger partial charge on any atom is -0.344 e. The SMILES string of the molecule is O=C(Nc1ccccc1)C1CCCn2c1cc1ccccc12. The average molecular weight is 290 g/mol. The van der Waals surface area contributed by atoms with E-state index >= 15 is 0 Å². The third kappa shape index (κ3) is 2.19. The molecule has 110 valence electrons. The number of para-hydroxylation sites is 2. The predicted molar refractivity (Wildman–Crippen MR) is 89.0 cm³/mol. The third-order valence-corrected chi connectivity index (χ3v) is 4.43. The molecule has 1 N–H and O–H groups in total. The van der Waals surface area contributed by atoms with Crippen molar-refractivity contribution in [3.05, 3.63) is 66.4 Å². The molecule has 1 atom stereocenters. The van der Waals surface area contributed by atoms with Crippen LogP contribution in [0.2, 0.25) is 0 Å². The number of nitrogens with zero attached hydrogens (tertiary/aromatic N) is 1. The number of carbonyl (C=O) groups is 1. The van der Waals surface area contributed by atoms with E-state index < -0.39 is 0 Å². The van der Waals surface area contributed by atoms with E-state index in [9.17, 15) is 4.79 Å². The maximum absolute atomic E-state index is 12.7. The Morgan fingerprint density at radius 2 is 1.82 bits per heavy atom. The fraction of sp³-hybridized carbons (Fsp3) is 0.211. The Bertz CT molecular complexity index is 820. The zero-order valence-corrected chi connectivity index (χ0v) is 12.3. The van der Waals surface area contributed by atoms with Gasteiger partial charge in [0.15, 0.2) is 0 Å². The van der Waals surface area contributed by atoms with Crippen molar-refractivity contribution in [2.45, 2.75) is 25.3 Å². The fourth-order valence-electron chi connectivity index (χ4n) is 3.39.